The number of alkyl halides is 3. The topological polar surface area (TPSA) is 76.7 Å². The van der Waals surface area contributed by atoms with Crippen LogP contribution < -0.4 is 10.6 Å². The molecule has 2 N–H and O–H groups in total. The van der Waals surface area contributed by atoms with E-state index in [1.54, 1.807) is 20.8 Å². The number of carbonyl (C=O) groups excluding carboxylic acids is 2. The van der Waals surface area contributed by atoms with Crippen molar-refractivity contribution < 1.29 is 32.2 Å². The number of amides is 2. The molecular formula is C10H17F3N2O4. The molecule has 0 fully saturated rings. The zero-order chi connectivity index (χ0) is 15.1. The predicted octanol–water partition coefficient (Wildman–Crippen LogP) is 1.80. The average Bonchev–Trinajstić information content (AvgIpc) is 2.18. The van der Waals surface area contributed by atoms with Crippen LogP contribution in [-0.2, 0) is 9.47 Å². The van der Waals surface area contributed by atoms with Crippen molar-refractivity contribution in [3.8, 4) is 0 Å². The molecule has 0 aliphatic carbocycles. The standard InChI is InChI=1S/C10H17F3N2O4/c1-9(2,3)19-8(17)15-5-4-14-7(16)18-6-10(11,12)13/h4-6H2,1-3H3,(H,14,16)(H,15,17). The number of alkyl carbamates (subject to hydrolysis) is 2. The van der Waals surface area contributed by atoms with Crippen LogP contribution in [0.4, 0.5) is 22.8 Å². The Bertz CT molecular complexity index is 313. The monoisotopic (exact) mass is 286 g/mol. The molecule has 0 unspecified atom stereocenters. The Labute approximate surface area is 108 Å². The van der Waals surface area contributed by atoms with E-state index in [1.807, 2.05) is 5.32 Å². The van der Waals surface area contributed by atoms with Crippen LogP contribution in [0.2, 0.25) is 0 Å². The molecule has 9 heteroatoms. The van der Waals surface area contributed by atoms with Gasteiger partial charge in [0.1, 0.15) is 5.60 Å². The SMILES string of the molecule is CC(C)(C)OC(=O)NCCNC(=O)OCC(F)(F)F. The summed E-state index contributed by atoms with van der Waals surface area (Å²) in [6, 6.07) is 0. The molecule has 0 aromatic rings. The summed E-state index contributed by atoms with van der Waals surface area (Å²) >= 11 is 0. The molecule has 0 bridgehead atoms. The fourth-order valence-electron chi connectivity index (χ4n) is 0.842. The highest BCUT2D eigenvalue weighted by Gasteiger charge is 2.29. The molecule has 2 amide bonds. The lowest BCUT2D eigenvalue weighted by Crippen LogP contribution is -2.38. The second kappa shape index (κ2) is 7.05. The molecule has 0 atom stereocenters. The van der Waals surface area contributed by atoms with Gasteiger partial charge >= 0.3 is 18.4 Å². The van der Waals surface area contributed by atoms with Crippen molar-refractivity contribution in [2.24, 2.45) is 0 Å². The Kier molecular flexibility index (Phi) is 6.43. The Hall–Kier alpha value is -1.67. The third-order valence-corrected chi connectivity index (χ3v) is 1.43. The van der Waals surface area contributed by atoms with Gasteiger partial charge in [-0.2, -0.15) is 13.2 Å². The maximum absolute atomic E-state index is 11.7. The zero-order valence-electron chi connectivity index (χ0n) is 10.9. The summed E-state index contributed by atoms with van der Waals surface area (Å²) in [5, 5.41) is 4.36. The lowest BCUT2D eigenvalue weighted by molar-refractivity contribution is -0.160. The summed E-state index contributed by atoms with van der Waals surface area (Å²) in [6.45, 7) is 3.32. The van der Waals surface area contributed by atoms with Crippen molar-refractivity contribution in [3.05, 3.63) is 0 Å². The molecule has 19 heavy (non-hydrogen) atoms. The molecular weight excluding hydrogens is 269 g/mol. The first-order valence-electron chi connectivity index (χ1n) is 5.44. The molecule has 0 aliphatic heterocycles. The van der Waals surface area contributed by atoms with Gasteiger partial charge in [-0.05, 0) is 20.8 Å². The van der Waals surface area contributed by atoms with Crippen LogP contribution in [-0.4, -0.2) is 43.7 Å². The number of nitrogens with one attached hydrogen (secondary N) is 2. The number of ether oxygens (including phenoxy) is 2. The zero-order valence-corrected chi connectivity index (χ0v) is 10.9. The van der Waals surface area contributed by atoms with E-state index in [-0.39, 0.29) is 13.1 Å². The first-order valence-corrected chi connectivity index (χ1v) is 5.44. The minimum Gasteiger partial charge on any atom is -0.444 e. The van der Waals surface area contributed by atoms with Gasteiger partial charge in [-0.3, -0.25) is 0 Å². The molecule has 0 aliphatic rings. The number of hydrogen-bond acceptors (Lipinski definition) is 4. The fourth-order valence-corrected chi connectivity index (χ4v) is 0.842. The van der Waals surface area contributed by atoms with E-state index in [2.05, 4.69) is 10.1 Å². The quantitative estimate of drug-likeness (QED) is 0.773. The van der Waals surface area contributed by atoms with Crippen LogP contribution >= 0.6 is 0 Å². The number of rotatable bonds is 4. The molecule has 0 heterocycles. The third-order valence-electron chi connectivity index (χ3n) is 1.43. The minimum absolute atomic E-state index is 0.00995. The normalized spacial score (nSPS) is 11.7. The van der Waals surface area contributed by atoms with E-state index >= 15 is 0 Å². The van der Waals surface area contributed by atoms with E-state index < -0.39 is 30.6 Å². The first-order chi connectivity index (χ1) is 8.49. The van der Waals surface area contributed by atoms with Crippen LogP contribution in [0.15, 0.2) is 0 Å². The molecule has 6 nitrogen and oxygen atoms in total. The van der Waals surface area contributed by atoms with Crippen molar-refractivity contribution >= 4 is 12.2 Å². The Morgan fingerprint density at radius 3 is 1.89 bits per heavy atom. The van der Waals surface area contributed by atoms with Crippen LogP contribution in [0.3, 0.4) is 0 Å². The summed E-state index contributed by atoms with van der Waals surface area (Å²) in [4.78, 5) is 21.9. The molecule has 0 saturated carbocycles. The number of carbonyl (C=O) groups is 2. The summed E-state index contributed by atoms with van der Waals surface area (Å²) in [5.41, 5.74) is -0.650. The van der Waals surface area contributed by atoms with Gasteiger partial charge in [0.2, 0.25) is 0 Å². The van der Waals surface area contributed by atoms with Gasteiger partial charge in [-0.25, -0.2) is 9.59 Å². The molecule has 0 rings (SSSR count). The number of halogens is 3. The molecule has 0 aromatic carbocycles. The highest BCUT2D eigenvalue weighted by Crippen LogP contribution is 2.14. The molecule has 0 saturated heterocycles. The van der Waals surface area contributed by atoms with Gasteiger partial charge in [-0.1, -0.05) is 0 Å². The van der Waals surface area contributed by atoms with E-state index in [9.17, 15) is 22.8 Å². The van der Waals surface area contributed by atoms with Crippen molar-refractivity contribution in [1.29, 1.82) is 0 Å². The predicted molar refractivity (Wildman–Crippen MR) is 59.6 cm³/mol. The Morgan fingerprint density at radius 2 is 1.47 bits per heavy atom. The lowest BCUT2D eigenvalue weighted by atomic mass is 10.2. The molecule has 0 radical (unpaired) electrons. The second-order valence-corrected chi connectivity index (χ2v) is 4.55. The first kappa shape index (κ1) is 17.3. The smallest absolute Gasteiger partial charge is 0.422 e. The highest BCUT2D eigenvalue weighted by atomic mass is 19.4. The van der Waals surface area contributed by atoms with E-state index in [1.165, 1.54) is 0 Å². The van der Waals surface area contributed by atoms with Gasteiger partial charge in [-0.15, -0.1) is 0 Å². The van der Waals surface area contributed by atoms with E-state index in [4.69, 9.17) is 4.74 Å². The summed E-state index contributed by atoms with van der Waals surface area (Å²) < 4.78 is 43.8. The van der Waals surface area contributed by atoms with Crippen molar-refractivity contribution in [2.75, 3.05) is 19.7 Å². The van der Waals surface area contributed by atoms with Gasteiger partial charge < -0.3 is 20.1 Å². The fraction of sp³-hybridized carbons (Fsp3) is 0.800. The van der Waals surface area contributed by atoms with Gasteiger partial charge in [0.05, 0.1) is 0 Å². The lowest BCUT2D eigenvalue weighted by Gasteiger charge is -2.19. The molecule has 0 aromatic heterocycles. The van der Waals surface area contributed by atoms with Crippen molar-refractivity contribution in [2.45, 2.75) is 32.5 Å². The maximum atomic E-state index is 11.7. The summed E-state index contributed by atoms with van der Waals surface area (Å²) in [7, 11) is 0. The Morgan fingerprint density at radius 1 is 1.00 bits per heavy atom. The molecule has 112 valence electrons. The third kappa shape index (κ3) is 12.6. The van der Waals surface area contributed by atoms with E-state index in [0.29, 0.717) is 0 Å². The largest absolute Gasteiger partial charge is 0.444 e. The van der Waals surface area contributed by atoms with Crippen molar-refractivity contribution in [1.82, 2.24) is 10.6 Å². The van der Waals surface area contributed by atoms with Crippen LogP contribution in [0, 0.1) is 0 Å². The van der Waals surface area contributed by atoms with Gasteiger partial charge in [0.25, 0.3) is 0 Å². The second-order valence-electron chi connectivity index (χ2n) is 4.55. The maximum Gasteiger partial charge on any atom is 0.422 e. The number of hydrogen-bond donors (Lipinski definition) is 2. The minimum atomic E-state index is -4.56. The summed E-state index contributed by atoms with van der Waals surface area (Å²) in [5.74, 6) is 0. The van der Waals surface area contributed by atoms with Crippen LogP contribution in [0.1, 0.15) is 20.8 Å². The average molecular weight is 286 g/mol. The van der Waals surface area contributed by atoms with Crippen LogP contribution in [0.5, 0.6) is 0 Å². The van der Waals surface area contributed by atoms with Crippen LogP contribution in [0.25, 0.3) is 0 Å². The van der Waals surface area contributed by atoms with Gasteiger partial charge in [0, 0.05) is 13.1 Å². The Balaban J connectivity index is 3.64. The summed E-state index contributed by atoms with van der Waals surface area (Å²) in [6.07, 6.45) is -6.45. The van der Waals surface area contributed by atoms with E-state index in [0.717, 1.165) is 0 Å². The molecule has 0 spiro atoms. The van der Waals surface area contributed by atoms with Gasteiger partial charge in [0.15, 0.2) is 6.61 Å². The van der Waals surface area contributed by atoms with Crippen molar-refractivity contribution in [3.63, 3.8) is 0 Å². The highest BCUT2D eigenvalue weighted by molar-refractivity contribution is 5.68.